The molecule has 5 heteroatoms. The molecule has 0 bridgehead atoms. The molecule has 0 unspecified atom stereocenters. The number of aromatic amines is 1. The number of nitrogens with zero attached hydrogens (tertiary/aromatic N) is 3. The van der Waals surface area contributed by atoms with Gasteiger partial charge in [-0.3, -0.25) is 0 Å². The van der Waals surface area contributed by atoms with Gasteiger partial charge in [0, 0.05) is 5.56 Å². The van der Waals surface area contributed by atoms with Crippen molar-refractivity contribution in [3.8, 4) is 23.1 Å². The Bertz CT molecular complexity index is 939. The number of hydrogen-bond acceptors (Lipinski definition) is 4. The average Bonchev–Trinajstić information content (AvgIpc) is 3.15. The molecular formula is C20H18N4O. The highest BCUT2D eigenvalue weighted by Crippen LogP contribution is 2.30. The van der Waals surface area contributed by atoms with Crippen molar-refractivity contribution in [1.82, 2.24) is 15.4 Å². The van der Waals surface area contributed by atoms with Gasteiger partial charge < -0.3 is 4.74 Å². The third kappa shape index (κ3) is 3.11. The molecule has 0 radical (unpaired) electrons. The van der Waals surface area contributed by atoms with Crippen LogP contribution in [0.25, 0.3) is 11.3 Å². The highest BCUT2D eigenvalue weighted by molar-refractivity contribution is 5.64. The maximum atomic E-state index is 9.11. The van der Waals surface area contributed by atoms with Crippen LogP contribution in [0.15, 0.2) is 42.5 Å². The maximum Gasteiger partial charge on any atom is 0.190 e. The first-order chi connectivity index (χ1) is 12.3. The number of nitrogens with one attached hydrogen (secondary N) is 1. The molecule has 0 aliphatic heterocycles. The van der Waals surface area contributed by atoms with Crippen LogP contribution in [0.3, 0.4) is 0 Å². The first kappa shape index (κ1) is 15.4. The lowest BCUT2D eigenvalue weighted by atomic mass is 9.91. The first-order valence-corrected chi connectivity index (χ1v) is 8.49. The fraction of sp³-hybridized carbons (Fsp3) is 0.250. The fourth-order valence-corrected chi connectivity index (χ4v) is 3.36. The summed E-state index contributed by atoms with van der Waals surface area (Å²) in [5.74, 6) is 0.988. The van der Waals surface area contributed by atoms with Gasteiger partial charge in [-0.1, -0.05) is 30.3 Å². The van der Waals surface area contributed by atoms with Crippen LogP contribution in [0.5, 0.6) is 5.75 Å². The molecule has 0 atom stereocenters. The first-order valence-electron chi connectivity index (χ1n) is 8.49. The molecule has 3 aromatic rings. The number of ether oxygens (including phenoxy) is 1. The van der Waals surface area contributed by atoms with Gasteiger partial charge in [-0.25, -0.2) is 0 Å². The van der Waals surface area contributed by atoms with Crippen LogP contribution >= 0.6 is 0 Å². The standard InChI is InChI=1S/C20H18N4O/c21-12-18-20(23-24-22-18)16-8-3-5-14(11-16)13-25-19-10-4-7-15-6-1-2-9-17(15)19/h3-5,7-8,10-11H,1-2,6,9,13H2,(H,22,23,24). The van der Waals surface area contributed by atoms with E-state index in [2.05, 4.69) is 33.6 Å². The number of aryl methyl sites for hydroxylation is 1. The Morgan fingerprint density at radius 3 is 2.88 bits per heavy atom. The third-order valence-electron chi connectivity index (χ3n) is 4.60. The van der Waals surface area contributed by atoms with Crippen LogP contribution in [-0.4, -0.2) is 15.4 Å². The van der Waals surface area contributed by atoms with Crippen molar-refractivity contribution in [2.24, 2.45) is 0 Å². The summed E-state index contributed by atoms with van der Waals surface area (Å²) in [7, 11) is 0. The molecule has 1 heterocycles. The molecule has 1 aliphatic rings. The second kappa shape index (κ2) is 6.78. The Kier molecular flexibility index (Phi) is 4.17. The van der Waals surface area contributed by atoms with Gasteiger partial charge in [-0.15, -0.1) is 5.10 Å². The monoisotopic (exact) mass is 330 g/mol. The summed E-state index contributed by atoms with van der Waals surface area (Å²) < 4.78 is 6.11. The van der Waals surface area contributed by atoms with Crippen molar-refractivity contribution in [3.63, 3.8) is 0 Å². The van der Waals surface area contributed by atoms with Gasteiger partial charge in [0.2, 0.25) is 0 Å². The molecular weight excluding hydrogens is 312 g/mol. The average molecular weight is 330 g/mol. The summed E-state index contributed by atoms with van der Waals surface area (Å²) in [6, 6.07) is 16.3. The van der Waals surface area contributed by atoms with Crippen molar-refractivity contribution >= 4 is 0 Å². The van der Waals surface area contributed by atoms with Gasteiger partial charge >= 0.3 is 0 Å². The Balaban J connectivity index is 1.55. The van der Waals surface area contributed by atoms with Crippen molar-refractivity contribution < 1.29 is 4.74 Å². The largest absolute Gasteiger partial charge is 0.489 e. The van der Waals surface area contributed by atoms with E-state index in [4.69, 9.17) is 10.00 Å². The highest BCUT2D eigenvalue weighted by Gasteiger charge is 2.14. The van der Waals surface area contributed by atoms with Crippen molar-refractivity contribution in [2.75, 3.05) is 0 Å². The molecule has 1 aromatic heterocycles. The molecule has 124 valence electrons. The molecule has 4 rings (SSSR count). The van der Waals surface area contributed by atoms with Gasteiger partial charge in [-0.05, 0) is 54.5 Å². The van der Waals surface area contributed by atoms with Crippen molar-refractivity contribution in [2.45, 2.75) is 32.3 Å². The number of aromatic nitrogens is 3. The number of hydrogen-bond donors (Lipinski definition) is 1. The smallest absolute Gasteiger partial charge is 0.190 e. The van der Waals surface area contributed by atoms with E-state index in [-0.39, 0.29) is 0 Å². The van der Waals surface area contributed by atoms with Gasteiger partial charge in [0.05, 0.1) is 0 Å². The van der Waals surface area contributed by atoms with Crippen molar-refractivity contribution in [1.29, 1.82) is 5.26 Å². The molecule has 1 N–H and O–H groups in total. The molecule has 25 heavy (non-hydrogen) atoms. The maximum absolute atomic E-state index is 9.11. The highest BCUT2D eigenvalue weighted by atomic mass is 16.5. The number of nitriles is 1. The lowest BCUT2D eigenvalue weighted by Crippen LogP contribution is -2.06. The molecule has 0 amide bonds. The van der Waals surface area contributed by atoms with Gasteiger partial charge in [0.15, 0.2) is 5.69 Å². The van der Waals surface area contributed by atoms with E-state index in [1.54, 1.807) is 0 Å². The Hall–Kier alpha value is -3.13. The van der Waals surface area contributed by atoms with Crippen LogP contribution in [-0.2, 0) is 19.4 Å². The Labute approximate surface area is 146 Å². The zero-order chi connectivity index (χ0) is 17.1. The second-order valence-corrected chi connectivity index (χ2v) is 6.22. The Morgan fingerprint density at radius 1 is 1.08 bits per heavy atom. The number of H-pyrrole nitrogens is 1. The lowest BCUT2D eigenvalue weighted by molar-refractivity contribution is 0.301. The van der Waals surface area contributed by atoms with Crippen LogP contribution in [0, 0.1) is 11.3 Å². The van der Waals surface area contributed by atoms with Gasteiger partial charge in [-0.2, -0.15) is 15.6 Å². The van der Waals surface area contributed by atoms with E-state index in [1.807, 2.05) is 30.3 Å². The van der Waals surface area contributed by atoms with Crippen LogP contribution in [0.4, 0.5) is 0 Å². The molecule has 0 saturated carbocycles. The summed E-state index contributed by atoms with van der Waals surface area (Å²) in [5, 5.41) is 19.5. The number of fused-ring (bicyclic) bond motifs is 1. The second-order valence-electron chi connectivity index (χ2n) is 6.22. The van der Waals surface area contributed by atoms with E-state index >= 15 is 0 Å². The summed E-state index contributed by atoms with van der Waals surface area (Å²) in [6.45, 7) is 0.490. The van der Waals surface area contributed by atoms with Crippen LogP contribution in [0.2, 0.25) is 0 Å². The summed E-state index contributed by atoms with van der Waals surface area (Å²) in [5.41, 5.74) is 5.54. The van der Waals surface area contributed by atoms with E-state index in [0.29, 0.717) is 18.0 Å². The van der Waals surface area contributed by atoms with E-state index < -0.39 is 0 Å². The molecule has 0 saturated heterocycles. The predicted octanol–water partition coefficient (Wildman–Crippen LogP) is 3.80. The fourth-order valence-electron chi connectivity index (χ4n) is 3.36. The molecule has 2 aromatic carbocycles. The molecule has 0 fully saturated rings. The van der Waals surface area contributed by atoms with Gasteiger partial charge in [0.1, 0.15) is 24.1 Å². The Morgan fingerprint density at radius 2 is 1.96 bits per heavy atom. The number of benzene rings is 2. The lowest BCUT2D eigenvalue weighted by Gasteiger charge is -2.19. The van der Waals surface area contributed by atoms with Crippen LogP contribution in [0.1, 0.15) is 35.2 Å². The van der Waals surface area contributed by atoms with Crippen molar-refractivity contribution in [3.05, 3.63) is 64.8 Å². The molecule has 1 aliphatic carbocycles. The zero-order valence-corrected chi connectivity index (χ0v) is 13.8. The normalized spacial score (nSPS) is 13.1. The molecule has 0 spiro atoms. The minimum Gasteiger partial charge on any atom is -0.489 e. The summed E-state index contributed by atoms with van der Waals surface area (Å²) >= 11 is 0. The third-order valence-corrected chi connectivity index (χ3v) is 4.60. The zero-order valence-electron chi connectivity index (χ0n) is 13.8. The quantitative estimate of drug-likeness (QED) is 0.789. The molecule has 5 nitrogen and oxygen atoms in total. The predicted molar refractivity (Wildman–Crippen MR) is 93.9 cm³/mol. The van der Waals surface area contributed by atoms with E-state index in [9.17, 15) is 0 Å². The SMILES string of the molecule is N#Cc1n[nH]nc1-c1cccc(COc2cccc3c2CCCC3)c1. The summed E-state index contributed by atoms with van der Waals surface area (Å²) in [4.78, 5) is 0. The number of rotatable bonds is 4. The topological polar surface area (TPSA) is 74.6 Å². The minimum absolute atomic E-state index is 0.301. The minimum atomic E-state index is 0.301. The van der Waals surface area contributed by atoms with E-state index in [1.165, 1.54) is 24.0 Å². The van der Waals surface area contributed by atoms with Crippen LogP contribution < -0.4 is 4.74 Å². The van der Waals surface area contributed by atoms with E-state index in [0.717, 1.165) is 29.7 Å². The van der Waals surface area contributed by atoms with Gasteiger partial charge in [0.25, 0.3) is 0 Å². The summed E-state index contributed by atoms with van der Waals surface area (Å²) in [6.07, 6.45) is 4.73.